The van der Waals surface area contributed by atoms with Crippen molar-refractivity contribution in [2.75, 3.05) is 18.0 Å². The summed E-state index contributed by atoms with van der Waals surface area (Å²) in [4.78, 5) is 1.96. The van der Waals surface area contributed by atoms with E-state index >= 15 is 0 Å². The van der Waals surface area contributed by atoms with Gasteiger partial charge in [-0.05, 0) is 43.7 Å². The van der Waals surface area contributed by atoms with E-state index < -0.39 is 18.1 Å². The summed E-state index contributed by atoms with van der Waals surface area (Å²) in [5.74, 6) is -6.16. The van der Waals surface area contributed by atoms with Gasteiger partial charge in [0.15, 0.2) is 0 Å². The molecule has 33 heavy (non-hydrogen) atoms. The first-order valence-corrected chi connectivity index (χ1v) is 10.1. The zero-order valence-electron chi connectivity index (χ0n) is 17.6. The topological polar surface area (TPSA) is 36.9 Å². The lowest BCUT2D eigenvalue weighted by Gasteiger charge is -2.27. The average Bonchev–Trinajstić information content (AvgIpc) is 2.74. The quantitative estimate of drug-likeness (QED) is 0.176. The van der Waals surface area contributed by atoms with Gasteiger partial charge in [0.25, 0.3) is 0 Å². The van der Waals surface area contributed by atoms with Crippen LogP contribution in [0.3, 0.4) is 0 Å². The van der Waals surface area contributed by atoms with E-state index in [4.69, 9.17) is 16.3 Å². The van der Waals surface area contributed by atoms with Crippen molar-refractivity contribution >= 4 is 23.5 Å². The van der Waals surface area contributed by atoms with Crippen LogP contribution in [0.2, 0.25) is 5.02 Å². The zero-order chi connectivity index (χ0) is 24.9. The van der Waals surface area contributed by atoms with Crippen LogP contribution < -0.4 is 15.1 Å². The highest BCUT2D eigenvalue weighted by atomic mass is 35.5. The lowest BCUT2D eigenvalue weighted by Crippen LogP contribution is -2.58. The molecule has 0 saturated carbocycles. The minimum Gasteiger partial charge on any atom is -0.488 e. The van der Waals surface area contributed by atoms with Crippen LogP contribution in [-0.2, 0) is 6.61 Å². The Morgan fingerprint density at radius 2 is 1.58 bits per heavy atom. The maximum Gasteiger partial charge on any atom is 0.462 e. The smallest absolute Gasteiger partial charge is 0.462 e. The number of halogens is 8. The molecule has 1 N–H and O–H groups in total. The third-order valence-electron chi connectivity index (χ3n) is 4.59. The number of benzene rings is 2. The summed E-state index contributed by atoms with van der Waals surface area (Å²) >= 11 is 5.84. The van der Waals surface area contributed by atoms with Gasteiger partial charge in [-0.3, -0.25) is 0 Å². The van der Waals surface area contributed by atoms with E-state index in [0.29, 0.717) is 29.8 Å². The van der Waals surface area contributed by atoms with E-state index in [0.717, 1.165) is 11.3 Å². The minimum atomic E-state index is -6.46. The normalized spacial score (nSPS) is 12.8. The Morgan fingerprint density at radius 3 is 2.12 bits per heavy atom. The molecule has 0 spiro atoms. The molecular weight excluding hydrogens is 479 g/mol. The lowest BCUT2D eigenvalue weighted by atomic mass is 10.1. The second kappa shape index (κ2) is 10.5. The molecule has 182 valence electrons. The molecule has 0 aliphatic carbocycles. The molecule has 0 amide bonds. The summed E-state index contributed by atoms with van der Waals surface area (Å²) in [6.07, 6.45) is -5.78. The van der Waals surface area contributed by atoms with E-state index in [2.05, 4.69) is 5.10 Å². The molecule has 2 rings (SSSR count). The van der Waals surface area contributed by atoms with Gasteiger partial charge in [0, 0.05) is 35.4 Å². The molecule has 0 unspecified atom stereocenters. The fourth-order valence-corrected chi connectivity index (χ4v) is 2.84. The van der Waals surface area contributed by atoms with Crippen LogP contribution in [0.15, 0.2) is 47.6 Å². The third kappa shape index (κ3) is 6.43. The highest BCUT2D eigenvalue weighted by molar-refractivity contribution is 6.30. The molecule has 12 heteroatoms. The summed E-state index contributed by atoms with van der Waals surface area (Å²) in [7, 11) is 0. The van der Waals surface area contributed by atoms with Gasteiger partial charge >= 0.3 is 18.1 Å². The van der Waals surface area contributed by atoms with Crippen LogP contribution in [0.1, 0.15) is 25.0 Å². The highest BCUT2D eigenvalue weighted by Crippen LogP contribution is 2.45. The SMILES string of the molecule is CCN(CC)c1ccc(/C=N\NC(F)(F)C(F)(F)C(F)(F)F)c(OCc2ccc(Cl)cc2)c1. The monoisotopic (exact) mass is 499 g/mol. The van der Waals surface area contributed by atoms with E-state index in [1.54, 1.807) is 36.4 Å². The fourth-order valence-electron chi connectivity index (χ4n) is 2.71. The Balaban J connectivity index is 2.29. The number of alkyl halides is 7. The van der Waals surface area contributed by atoms with E-state index in [1.165, 1.54) is 6.07 Å². The number of rotatable bonds is 10. The Labute approximate surface area is 191 Å². The van der Waals surface area contributed by atoms with Crippen molar-refractivity contribution in [1.82, 2.24) is 5.43 Å². The third-order valence-corrected chi connectivity index (χ3v) is 4.84. The number of ether oxygens (including phenoxy) is 1. The molecule has 0 radical (unpaired) electrons. The minimum absolute atomic E-state index is 0.0510. The Morgan fingerprint density at radius 1 is 0.970 bits per heavy atom. The van der Waals surface area contributed by atoms with Crippen LogP contribution in [0, 0.1) is 0 Å². The van der Waals surface area contributed by atoms with Crippen LogP contribution in [0.5, 0.6) is 5.75 Å². The number of hydrogen-bond donors (Lipinski definition) is 1. The molecule has 0 heterocycles. The van der Waals surface area contributed by atoms with Crippen LogP contribution in [0.25, 0.3) is 0 Å². The van der Waals surface area contributed by atoms with Crippen molar-refractivity contribution < 1.29 is 35.5 Å². The van der Waals surface area contributed by atoms with E-state index in [1.807, 2.05) is 18.7 Å². The molecule has 0 saturated heterocycles. The Kier molecular flexibility index (Phi) is 8.45. The lowest BCUT2D eigenvalue weighted by molar-refractivity contribution is -0.361. The fraction of sp³-hybridized carbons (Fsp3) is 0.381. The first kappa shape index (κ1) is 26.6. The number of nitrogens with one attached hydrogen (secondary N) is 1. The Hall–Kier alpha value is -2.69. The summed E-state index contributed by atoms with van der Waals surface area (Å²) < 4.78 is 95.4. The number of hydrogen-bond acceptors (Lipinski definition) is 4. The van der Waals surface area contributed by atoms with Crippen molar-refractivity contribution in [3.8, 4) is 5.75 Å². The highest BCUT2D eigenvalue weighted by Gasteiger charge is 2.73. The maximum absolute atomic E-state index is 13.4. The molecule has 2 aromatic carbocycles. The Bertz CT molecular complexity index is 946. The molecule has 0 aromatic heterocycles. The molecule has 2 aromatic rings. The summed E-state index contributed by atoms with van der Waals surface area (Å²) in [5, 5.41) is 3.43. The van der Waals surface area contributed by atoms with E-state index in [-0.39, 0.29) is 17.9 Å². The molecule has 0 bridgehead atoms. The maximum atomic E-state index is 13.4. The number of nitrogens with zero attached hydrogens (tertiary/aromatic N) is 2. The largest absolute Gasteiger partial charge is 0.488 e. The van der Waals surface area contributed by atoms with Crippen molar-refractivity contribution in [1.29, 1.82) is 0 Å². The van der Waals surface area contributed by atoms with Gasteiger partial charge in [-0.15, -0.1) is 0 Å². The van der Waals surface area contributed by atoms with Crippen molar-refractivity contribution in [2.24, 2.45) is 5.10 Å². The molecule has 0 atom stereocenters. The second-order valence-electron chi connectivity index (χ2n) is 6.83. The number of hydrazone groups is 1. The van der Waals surface area contributed by atoms with Gasteiger partial charge in [0.2, 0.25) is 0 Å². The summed E-state index contributed by atoms with van der Waals surface area (Å²) in [6.45, 7) is 5.19. The molecular formula is C21H21ClF7N3O. The van der Waals surface area contributed by atoms with Crippen molar-refractivity contribution in [2.45, 2.75) is 38.6 Å². The van der Waals surface area contributed by atoms with Crippen molar-refractivity contribution in [3.63, 3.8) is 0 Å². The summed E-state index contributed by atoms with van der Waals surface area (Å²) in [6, 6.07) is 5.66. The van der Waals surface area contributed by atoms with E-state index in [9.17, 15) is 30.7 Å². The zero-order valence-corrected chi connectivity index (χ0v) is 18.3. The van der Waals surface area contributed by atoms with Gasteiger partial charge in [-0.1, -0.05) is 23.7 Å². The van der Waals surface area contributed by atoms with Crippen LogP contribution >= 0.6 is 11.6 Å². The predicted molar refractivity (Wildman–Crippen MR) is 112 cm³/mol. The molecule has 4 nitrogen and oxygen atoms in total. The van der Waals surface area contributed by atoms with Gasteiger partial charge in [0.1, 0.15) is 12.4 Å². The van der Waals surface area contributed by atoms with Gasteiger partial charge in [-0.25, -0.2) is 5.43 Å². The van der Waals surface area contributed by atoms with Gasteiger partial charge in [0.05, 0.1) is 6.21 Å². The van der Waals surface area contributed by atoms with Crippen molar-refractivity contribution in [3.05, 3.63) is 58.6 Å². The first-order valence-electron chi connectivity index (χ1n) is 9.71. The predicted octanol–water partition coefficient (Wildman–Crippen LogP) is 6.48. The van der Waals surface area contributed by atoms with Crippen LogP contribution in [-0.4, -0.2) is 37.4 Å². The van der Waals surface area contributed by atoms with Gasteiger partial charge < -0.3 is 9.64 Å². The second-order valence-corrected chi connectivity index (χ2v) is 7.26. The van der Waals surface area contributed by atoms with Gasteiger partial charge in [-0.2, -0.15) is 35.8 Å². The van der Waals surface area contributed by atoms with Crippen LogP contribution in [0.4, 0.5) is 36.4 Å². The molecule has 0 fully saturated rings. The standard InChI is InChI=1S/C21H21ClF7N3O/c1-3-32(4-2)17-10-7-15(12-30-31-21(28,29)19(23,24)20(25,26)27)18(11-17)33-13-14-5-8-16(22)9-6-14/h5-12,31H,3-4,13H2,1-2H3/b30-12-. The average molecular weight is 500 g/mol. The molecule has 0 aliphatic heterocycles. The first-order chi connectivity index (χ1) is 15.3. The number of anilines is 1. The summed E-state index contributed by atoms with van der Waals surface area (Å²) in [5.41, 5.74) is 2.14. The molecule has 0 aliphatic rings.